The normalized spacial score (nSPS) is 17.1. The van der Waals surface area contributed by atoms with Gasteiger partial charge in [-0.15, -0.1) is 0 Å². The molecule has 2 aliphatic heterocycles. The molecule has 1 saturated heterocycles. The van der Waals surface area contributed by atoms with Crippen LogP contribution in [0.3, 0.4) is 0 Å². The predicted molar refractivity (Wildman–Crippen MR) is 155 cm³/mol. The van der Waals surface area contributed by atoms with E-state index < -0.39 is 38.0 Å². The van der Waals surface area contributed by atoms with E-state index >= 15 is 0 Å². The van der Waals surface area contributed by atoms with Gasteiger partial charge >= 0.3 is 0 Å². The molecule has 3 rings (SSSR count). The average molecular weight is 610 g/mol. The second-order valence-electron chi connectivity index (χ2n) is 10.6. The second kappa shape index (κ2) is 17.4. The van der Waals surface area contributed by atoms with Crippen molar-refractivity contribution in [1.82, 2.24) is 10.2 Å². The summed E-state index contributed by atoms with van der Waals surface area (Å²) in [5.41, 5.74) is 0.934. The van der Waals surface area contributed by atoms with E-state index in [4.69, 9.17) is 28.1 Å². The van der Waals surface area contributed by atoms with Gasteiger partial charge in [0.1, 0.15) is 6.04 Å². The maximum absolute atomic E-state index is 13.1. The molecule has 14 heteroatoms. The van der Waals surface area contributed by atoms with Crippen molar-refractivity contribution in [3.8, 4) is 0 Å². The smallest absolute Gasteiger partial charge is 0.264 e. The van der Waals surface area contributed by atoms with E-state index in [9.17, 15) is 19.2 Å². The van der Waals surface area contributed by atoms with Crippen LogP contribution >= 0.6 is 0 Å². The maximum atomic E-state index is 13.1. The number of hydrogen-bond donors (Lipinski definition) is 2. The number of amides is 4. The predicted octanol–water partition coefficient (Wildman–Crippen LogP) is 1.43. The first-order valence-electron chi connectivity index (χ1n) is 14.3. The van der Waals surface area contributed by atoms with Gasteiger partial charge in [-0.3, -0.25) is 29.4 Å². The molecule has 234 valence electrons. The first-order valence-corrected chi connectivity index (χ1v) is 17.7. The van der Waals surface area contributed by atoms with Gasteiger partial charge < -0.3 is 33.4 Å². The summed E-state index contributed by atoms with van der Waals surface area (Å²) in [7, 11) is -1.48. The highest BCUT2D eigenvalue weighted by Crippen LogP contribution is 2.32. The SMILES string of the molecule is C[Si](C)(C)OCCOCCOCCOCCOCCOCCNc1cccc2c1C(=O)N(C1CCC(=O)NC1=O)C2=O. The zero-order chi connectivity index (χ0) is 30.4. The lowest BCUT2D eigenvalue weighted by molar-refractivity contribution is -0.136. The van der Waals surface area contributed by atoms with Crippen molar-refractivity contribution in [3.05, 3.63) is 29.3 Å². The van der Waals surface area contributed by atoms with E-state index in [1.54, 1.807) is 18.2 Å². The van der Waals surface area contributed by atoms with Crippen LogP contribution < -0.4 is 10.6 Å². The number of anilines is 1. The molecule has 0 saturated carbocycles. The number of rotatable bonds is 21. The largest absolute Gasteiger partial charge is 0.415 e. The van der Waals surface area contributed by atoms with Crippen LogP contribution in [0.1, 0.15) is 33.6 Å². The van der Waals surface area contributed by atoms with E-state index in [0.29, 0.717) is 84.9 Å². The third-order valence-electron chi connectivity index (χ3n) is 6.28. The van der Waals surface area contributed by atoms with Crippen molar-refractivity contribution in [2.75, 3.05) is 84.5 Å². The molecule has 4 amide bonds. The molecule has 0 bridgehead atoms. The quantitative estimate of drug-likeness (QED) is 0.118. The van der Waals surface area contributed by atoms with E-state index in [1.165, 1.54) is 0 Å². The van der Waals surface area contributed by atoms with Gasteiger partial charge in [-0.1, -0.05) is 6.07 Å². The molecule has 13 nitrogen and oxygen atoms in total. The molecular weight excluding hydrogens is 566 g/mol. The van der Waals surface area contributed by atoms with Crippen LogP contribution in [0, 0.1) is 0 Å². The maximum Gasteiger partial charge on any atom is 0.264 e. The fourth-order valence-corrected chi connectivity index (χ4v) is 5.00. The summed E-state index contributed by atoms with van der Waals surface area (Å²) in [6.45, 7) is 12.1. The fourth-order valence-electron chi connectivity index (χ4n) is 4.31. The number of fused-ring (bicyclic) bond motifs is 1. The Balaban J connectivity index is 1.19. The van der Waals surface area contributed by atoms with E-state index in [2.05, 4.69) is 30.3 Å². The highest BCUT2D eigenvalue weighted by Gasteiger charge is 2.45. The number of hydrogen-bond acceptors (Lipinski definition) is 11. The van der Waals surface area contributed by atoms with Crippen LogP contribution in [0.15, 0.2) is 18.2 Å². The Hall–Kier alpha value is -2.72. The number of nitrogens with zero attached hydrogens (tertiary/aromatic N) is 1. The Morgan fingerprint density at radius 2 is 1.33 bits per heavy atom. The van der Waals surface area contributed by atoms with E-state index in [0.717, 1.165) is 4.90 Å². The minimum Gasteiger partial charge on any atom is -0.415 e. The third kappa shape index (κ3) is 10.8. The van der Waals surface area contributed by atoms with Crippen molar-refractivity contribution in [2.24, 2.45) is 0 Å². The summed E-state index contributed by atoms with van der Waals surface area (Å²) in [4.78, 5) is 50.7. The van der Waals surface area contributed by atoms with Crippen molar-refractivity contribution in [2.45, 2.75) is 38.5 Å². The van der Waals surface area contributed by atoms with Gasteiger partial charge in [-0.25, -0.2) is 0 Å². The van der Waals surface area contributed by atoms with Crippen LogP contribution in [-0.4, -0.2) is 122 Å². The Morgan fingerprint density at radius 3 is 1.88 bits per heavy atom. The molecule has 0 aromatic heterocycles. The minimum atomic E-state index is -1.48. The number of imide groups is 2. The molecule has 0 aliphatic carbocycles. The molecule has 0 spiro atoms. The number of carbonyl (C=O) groups excluding carboxylic acids is 4. The molecule has 42 heavy (non-hydrogen) atoms. The highest BCUT2D eigenvalue weighted by atomic mass is 28.4. The lowest BCUT2D eigenvalue weighted by Crippen LogP contribution is -2.54. The molecule has 1 atom stereocenters. The van der Waals surface area contributed by atoms with Crippen molar-refractivity contribution >= 4 is 37.6 Å². The molecule has 2 heterocycles. The molecular formula is C28H43N3O10Si. The summed E-state index contributed by atoms with van der Waals surface area (Å²) < 4.78 is 33.2. The van der Waals surface area contributed by atoms with Crippen molar-refractivity contribution in [1.29, 1.82) is 0 Å². The Bertz CT molecular complexity index is 1060. The van der Waals surface area contributed by atoms with Crippen molar-refractivity contribution in [3.63, 3.8) is 0 Å². The zero-order valence-corrected chi connectivity index (χ0v) is 25.7. The van der Waals surface area contributed by atoms with Gasteiger partial charge in [0, 0.05) is 18.7 Å². The van der Waals surface area contributed by atoms with E-state index in [-0.39, 0.29) is 24.0 Å². The minimum absolute atomic E-state index is 0.0738. The zero-order valence-electron chi connectivity index (χ0n) is 24.7. The number of benzene rings is 1. The van der Waals surface area contributed by atoms with Crippen LogP contribution in [-0.2, 0) is 37.7 Å². The molecule has 1 fully saturated rings. The van der Waals surface area contributed by atoms with Crippen LogP contribution in [0.2, 0.25) is 19.6 Å². The summed E-state index contributed by atoms with van der Waals surface area (Å²) >= 11 is 0. The third-order valence-corrected chi connectivity index (χ3v) is 7.35. The molecule has 1 unspecified atom stereocenters. The standard InChI is InChI=1S/C28H43N3O10Si/c1-42(2,3)41-20-19-40-18-17-39-16-15-38-14-13-37-12-11-36-10-9-29-22-6-4-5-21-25(22)28(35)31(27(21)34)23-7-8-24(32)30-26(23)33/h4-6,23,29H,7-20H2,1-3H3,(H,30,32,33). The molecule has 2 aliphatic rings. The van der Waals surface area contributed by atoms with E-state index in [1.807, 2.05) is 0 Å². The Morgan fingerprint density at radius 1 is 0.786 bits per heavy atom. The lowest BCUT2D eigenvalue weighted by Gasteiger charge is -2.27. The van der Waals surface area contributed by atoms with Gasteiger partial charge in [0.05, 0.1) is 83.8 Å². The van der Waals surface area contributed by atoms with Crippen LogP contribution in [0.25, 0.3) is 0 Å². The topological polar surface area (TPSA) is 151 Å². The summed E-state index contributed by atoms with van der Waals surface area (Å²) in [5, 5.41) is 5.33. The lowest BCUT2D eigenvalue weighted by atomic mass is 10.0. The Kier molecular flexibility index (Phi) is 14.0. The fraction of sp³-hybridized carbons (Fsp3) is 0.643. The monoisotopic (exact) mass is 609 g/mol. The van der Waals surface area contributed by atoms with Gasteiger partial charge in [-0.05, 0) is 38.2 Å². The number of ether oxygens (including phenoxy) is 5. The first-order chi connectivity index (χ1) is 20.2. The Labute approximate surface area is 247 Å². The highest BCUT2D eigenvalue weighted by molar-refractivity contribution is 6.69. The van der Waals surface area contributed by atoms with Gasteiger partial charge in [0.2, 0.25) is 11.8 Å². The summed E-state index contributed by atoms with van der Waals surface area (Å²) in [6.07, 6.45) is 0.186. The van der Waals surface area contributed by atoms with Crippen LogP contribution in [0.4, 0.5) is 5.69 Å². The average Bonchev–Trinajstić information content (AvgIpc) is 3.19. The number of carbonyl (C=O) groups is 4. The van der Waals surface area contributed by atoms with Gasteiger partial charge in [0.15, 0.2) is 8.32 Å². The summed E-state index contributed by atoms with van der Waals surface area (Å²) in [6, 6.07) is 3.93. The molecule has 1 aromatic rings. The van der Waals surface area contributed by atoms with Gasteiger partial charge in [-0.2, -0.15) is 0 Å². The molecule has 2 N–H and O–H groups in total. The molecule has 1 aromatic carbocycles. The molecule has 0 radical (unpaired) electrons. The number of piperidine rings is 1. The number of nitrogens with one attached hydrogen (secondary N) is 2. The van der Waals surface area contributed by atoms with Gasteiger partial charge in [0.25, 0.3) is 11.8 Å². The van der Waals surface area contributed by atoms with Crippen LogP contribution in [0.5, 0.6) is 0 Å². The first kappa shape index (κ1) is 33.8. The van der Waals surface area contributed by atoms with Crippen molar-refractivity contribution < 1.29 is 47.3 Å². The summed E-state index contributed by atoms with van der Waals surface area (Å²) in [5.74, 6) is -2.14. The second-order valence-corrected chi connectivity index (χ2v) is 15.1.